The number of allylic oxidation sites excluding steroid dienone is 3. The largest absolute Gasteiger partial charge is 0.398 e. The zero-order valence-electron chi connectivity index (χ0n) is 49.9. The van der Waals surface area contributed by atoms with Gasteiger partial charge in [0.1, 0.15) is 22.1 Å². The first kappa shape index (κ1) is 56.8. The minimum atomic E-state index is 0.766. The molecule has 0 saturated carbocycles. The van der Waals surface area contributed by atoms with E-state index in [4.69, 9.17) is 26.4 Å². The fourth-order valence-corrected chi connectivity index (χ4v) is 11.8. The van der Waals surface area contributed by atoms with Crippen molar-refractivity contribution in [3.8, 4) is 11.4 Å². The lowest BCUT2D eigenvalue weighted by molar-refractivity contribution is -0.538. The first-order valence-electron chi connectivity index (χ1n) is 30.3. The van der Waals surface area contributed by atoms with Gasteiger partial charge in [0.05, 0.1) is 11.4 Å². The summed E-state index contributed by atoms with van der Waals surface area (Å²) in [6.07, 6.45) is 16.8. The molecule has 426 valence electrons. The van der Waals surface area contributed by atoms with E-state index >= 15 is 0 Å². The molecule has 2 aromatic heterocycles. The van der Waals surface area contributed by atoms with Crippen molar-refractivity contribution in [2.75, 3.05) is 47.1 Å². The molecule has 0 amide bonds. The Morgan fingerprint density at radius 3 is 1.49 bits per heavy atom. The summed E-state index contributed by atoms with van der Waals surface area (Å²) in [6, 6.07) is 53.3. The van der Waals surface area contributed by atoms with Gasteiger partial charge in [0, 0.05) is 114 Å². The van der Waals surface area contributed by atoms with Crippen molar-refractivity contribution in [3.63, 3.8) is 0 Å². The standard InChI is InChI=1S/C73H79N11/c1-48-38-66-70(83(57-28-18-13-19-29-57)71-44-59(74)49(2)39-67(71)81-66)43-54(48)25-15-8-7-9-22-34-76-61-33-32-56(37-51(61)4)80-64-41-52(5)62(46-65(64)79-55-26-16-12-17-27-55)77-35-23-10-11-24-36-78-63-47-73-69(42-53(63)6)82-68-40-50(3)60(75)45-72(68)84(73)58-30-20-14-21-31-58/h12-14,16-21,26-31,33,37-47,74,76-77,79H,7-11,15,22-25,32,34-36H2,1-6H3,(H2,75,78)/p+2. The number of nitrogens with zero attached hydrogens (tertiary/aromatic N) is 5. The molecule has 0 unspecified atom stereocenters. The van der Waals surface area contributed by atoms with Crippen LogP contribution >= 0.6 is 0 Å². The molecule has 0 radical (unpaired) electrons. The second-order valence-corrected chi connectivity index (χ2v) is 23.0. The van der Waals surface area contributed by atoms with E-state index in [1.165, 1.54) is 52.8 Å². The SMILES string of the molecule is CC1=CC(=Nc2cc(C)c(NCCCCCCNc3cc4c(cc3C)nc3cc(C)c(N)cc3[n+]4-c3ccccc3)cc2Nc2ccccc2)CC=C1NCCCCCCCc1cc2c(cc1C)nc1cc(C)c(N)cc1[n+]2-c1ccccc1. The van der Waals surface area contributed by atoms with Gasteiger partial charge in [0.25, 0.3) is 0 Å². The zero-order valence-corrected chi connectivity index (χ0v) is 49.9. The average molecular weight is 1110 g/mol. The van der Waals surface area contributed by atoms with Crippen molar-refractivity contribution in [1.82, 2.24) is 15.3 Å². The van der Waals surface area contributed by atoms with E-state index in [9.17, 15) is 0 Å². The van der Waals surface area contributed by atoms with E-state index in [-0.39, 0.29) is 0 Å². The Balaban J connectivity index is 0.647. The van der Waals surface area contributed by atoms with Gasteiger partial charge in [-0.25, -0.2) is 9.97 Å². The van der Waals surface area contributed by atoms with Crippen LogP contribution in [-0.4, -0.2) is 35.3 Å². The Labute approximate surface area is 495 Å². The topological polar surface area (TPSA) is 146 Å². The molecule has 1 aliphatic rings. The van der Waals surface area contributed by atoms with E-state index in [2.05, 4.69) is 216 Å². The van der Waals surface area contributed by atoms with Crippen LogP contribution in [0.2, 0.25) is 0 Å². The fraction of sp³-hybridized carbons (Fsp3) is 0.274. The average Bonchev–Trinajstić information content (AvgIpc) is 1.14. The third-order valence-corrected chi connectivity index (χ3v) is 16.6. The number of benzene rings is 8. The predicted octanol–water partition coefficient (Wildman–Crippen LogP) is 16.3. The van der Waals surface area contributed by atoms with Crippen LogP contribution in [0.1, 0.15) is 105 Å². The van der Waals surface area contributed by atoms with Crippen LogP contribution in [0, 0.1) is 34.6 Å². The number of hydrogen-bond acceptors (Lipinski definition) is 9. The summed E-state index contributed by atoms with van der Waals surface area (Å²) in [5.41, 5.74) is 40.6. The first-order chi connectivity index (χ1) is 40.9. The minimum absolute atomic E-state index is 0.766. The van der Waals surface area contributed by atoms with Crippen LogP contribution in [0.25, 0.3) is 55.5 Å². The highest BCUT2D eigenvalue weighted by Gasteiger charge is 2.24. The summed E-state index contributed by atoms with van der Waals surface area (Å²) in [4.78, 5) is 15.5. The molecule has 2 heterocycles. The van der Waals surface area contributed by atoms with E-state index in [1.54, 1.807) is 0 Å². The smallest absolute Gasteiger partial charge is 0.239 e. The van der Waals surface area contributed by atoms with Gasteiger partial charge in [-0.2, -0.15) is 0 Å². The van der Waals surface area contributed by atoms with Crippen LogP contribution in [-0.2, 0) is 6.42 Å². The molecule has 11 heteroatoms. The van der Waals surface area contributed by atoms with Crippen LogP contribution < -0.4 is 41.9 Å². The number of fused-ring (bicyclic) bond motifs is 4. The Hall–Kier alpha value is -9.09. The highest BCUT2D eigenvalue weighted by molar-refractivity contribution is 6.01. The Morgan fingerprint density at radius 1 is 0.452 bits per heavy atom. The van der Waals surface area contributed by atoms with E-state index in [1.807, 2.05) is 19.9 Å². The molecule has 0 bridgehead atoms. The fourth-order valence-electron chi connectivity index (χ4n) is 11.8. The van der Waals surface area contributed by atoms with Gasteiger partial charge in [-0.15, -0.1) is 9.13 Å². The summed E-state index contributed by atoms with van der Waals surface area (Å²) in [7, 11) is 0. The van der Waals surface area contributed by atoms with Gasteiger partial charge in [-0.3, -0.25) is 4.99 Å². The van der Waals surface area contributed by atoms with Crippen LogP contribution in [0.15, 0.2) is 180 Å². The quantitative estimate of drug-likeness (QED) is 0.0161. The molecule has 0 aliphatic heterocycles. The van der Waals surface area contributed by atoms with Gasteiger partial charge in [0.2, 0.25) is 33.4 Å². The number of rotatable bonds is 23. The molecule has 1 aliphatic carbocycles. The molecule has 0 spiro atoms. The third kappa shape index (κ3) is 13.1. The number of unbranched alkanes of at least 4 members (excludes halogenated alkanes) is 7. The minimum Gasteiger partial charge on any atom is -0.398 e. The number of hydrogen-bond donors (Lipinski definition) is 6. The summed E-state index contributed by atoms with van der Waals surface area (Å²) in [5.74, 6) is 0. The van der Waals surface area contributed by atoms with Gasteiger partial charge in [0.15, 0.2) is 0 Å². The van der Waals surface area contributed by atoms with E-state index in [0.29, 0.717) is 0 Å². The molecule has 84 heavy (non-hydrogen) atoms. The summed E-state index contributed by atoms with van der Waals surface area (Å²) >= 11 is 0. The lowest BCUT2D eigenvalue weighted by atomic mass is 9.99. The van der Waals surface area contributed by atoms with Gasteiger partial charge in [-0.05, 0) is 167 Å². The normalized spacial score (nSPS) is 13.0. The monoisotopic (exact) mass is 1110 g/mol. The summed E-state index contributed by atoms with van der Waals surface area (Å²) in [6.45, 7) is 15.6. The molecular weight excluding hydrogens is 1030 g/mol. The Bertz CT molecular complexity index is 4110. The van der Waals surface area contributed by atoms with E-state index < -0.39 is 0 Å². The van der Waals surface area contributed by atoms with Crippen molar-refractivity contribution in [3.05, 3.63) is 208 Å². The number of aliphatic imine (C=N–C) groups is 1. The number of aromatic nitrogens is 4. The second kappa shape index (κ2) is 26.0. The molecule has 8 aromatic carbocycles. The maximum Gasteiger partial charge on any atom is 0.239 e. The Kier molecular flexibility index (Phi) is 17.6. The van der Waals surface area contributed by atoms with Gasteiger partial charge in [-0.1, -0.05) is 92.8 Å². The zero-order chi connectivity index (χ0) is 58.1. The number of nitrogen functional groups attached to an aromatic ring is 2. The molecular formula is C73H81N11+2. The van der Waals surface area contributed by atoms with Crippen LogP contribution in [0.5, 0.6) is 0 Å². The molecule has 0 saturated heterocycles. The van der Waals surface area contributed by atoms with E-state index in [0.717, 1.165) is 183 Å². The number of nitrogens with two attached hydrogens (primary N) is 2. The lowest BCUT2D eigenvalue weighted by Gasteiger charge is -2.18. The second-order valence-electron chi connectivity index (χ2n) is 23.0. The first-order valence-corrected chi connectivity index (χ1v) is 30.3. The maximum absolute atomic E-state index is 6.45. The molecule has 8 N–H and O–H groups in total. The highest BCUT2D eigenvalue weighted by Crippen LogP contribution is 2.36. The Morgan fingerprint density at radius 2 is 0.917 bits per heavy atom. The van der Waals surface area contributed by atoms with Gasteiger partial charge < -0.3 is 32.7 Å². The highest BCUT2D eigenvalue weighted by atomic mass is 15.0. The van der Waals surface area contributed by atoms with Crippen molar-refractivity contribution < 1.29 is 9.13 Å². The summed E-state index contributed by atoms with van der Waals surface area (Å²) < 4.78 is 4.61. The summed E-state index contributed by atoms with van der Waals surface area (Å²) in [5, 5.41) is 15.0. The molecule has 11 rings (SSSR count). The number of anilines is 6. The van der Waals surface area contributed by atoms with Crippen molar-refractivity contribution in [1.29, 1.82) is 0 Å². The molecule has 11 nitrogen and oxygen atoms in total. The molecule has 0 fully saturated rings. The van der Waals surface area contributed by atoms with Gasteiger partial charge >= 0.3 is 0 Å². The third-order valence-electron chi connectivity index (χ3n) is 16.6. The molecule has 0 atom stereocenters. The predicted molar refractivity (Wildman–Crippen MR) is 354 cm³/mol. The van der Waals surface area contributed by atoms with Crippen molar-refractivity contribution in [2.24, 2.45) is 4.99 Å². The van der Waals surface area contributed by atoms with Crippen LogP contribution in [0.4, 0.5) is 39.8 Å². The molecule has 10 aromatic rings. The lowest BCUT2D eigenvalue weighted by Crippen LogP contribution is -2.33. The van der Waals surface area contributed by atoms with Crippen molar-refractivity contribution >= 4 is 89.7 Å². The van der Waals surface area contributed by atoms with Crippen molar-refractivity contribution in [2.45, 2.75) is 112 Å². The number of para-hydroxylation sites is 3. The number of nitrogens with one attached hydrogen (secondary N) is 4. The maximum atomic E-state index is 6.45. The number of aryl methyl sites for hydroxylation is 6. The van der Waals surface area contributed by atoms with Crippen LogP contribution in [0.3, 0.4) is 0 Å².